The number of rotatable bonds is 1. The molecule has 2 N–H and O–H groups in total. The molecule has 0 atom stereocenters. The molecule has 12 heavy (non-hydrogen) atoms. The number of halogens is 1. The first-order valence-corrected chi connectivity index (χ1v) is 3.11. The fourth-order valence-corrected chi connectivity index (χ4v) is 0.800. The van der Waals surface area contributed by atoms with Gasteiger partial charge >= 0.3 is 0 Å². The van der Waals surface area contributed by atoms with Gasteiger partial charge in [0.25, 0.3) is 0 Å². The summed E-state index contributed by atoms with van der Waals surface area (Å²) in [6, 6.07) is 6.92. The fraction of sp³-hybridized carbons (Fsp3) is 0.125. The molecule has 1 aromatic carbocycles. The standard InChI is InChI=1S/C8H8N2O.ClH/c1-11-8-4-7(10)3-2-6(8)5-9;/h2-4H,10H2,1H3;1H. The Kier molecular flexibility index (Phi) is 3.95. The number of nitriles is 1. The number of benzene rings is 1. The molecule has 0 unspecified atom stereocenters. The summed E-state index contributed by atoms with van der Waals surface area (Å²) in [4.78, 5) is 0. The van der Waals surface area contributed by atoms with Crippen molar-refractivity contribution >= 4 is 18.1 Å². The Morgan fingerprint density at radius 3 is 2.67 bits per heavy atom. The molecule has 0 heterocycles. The lowest BCUT2D eigenvalue weighted by molar-refractivity contribution is 0.414. The molecule has 0 saturated heterocycles. The molecule has 1 rings (SSSR count). The van der Waals surface area contributed by atoms with Crippen LogP contribution in [0.25, 0.3) is 0 Å². The maximum Gasteiger partial charge on any atom is 0.138 e. The van der Waals surface area contributed by atoms with Crippen LogP contribution in [0.5, 0.6) is 5.75 Å². The third kappa shape index (κ3) is 2.04. The van der Waals surface area contributed by atoms with Gasteiger partial charge in [-0.25, -0.2) is 0 Å². The molecule has 0 aliphatic heterocycles. The summed E-state index contributed by atoms with van der Waals surface area (Å²) in [5.41, 5.74) is 6.57. The molecule has 0 aliphatic rings. The maximum atomic E-state index is 8.57. The van der Waals surface area contributed by atoms with Crippen molar-refractivity contribution in [2.24, 2.45) is 0 Å². The Bertz CT molecular complexity index is 306. The van der Waals surface area contributed by atoms with Crippen LogP contribution in [0.1, 0.15) is 5.56 Å². The van der Waals surface area contributed by atoms with Crippen LogP contribution >= 0.6 is 12.4 Å². The van der Waals surface area contributed by atoms with Crippen LogP contribution in [0.2, 0.25) is 0 Å². The summed E-state index contributed by atoms with van der Waals surface area (Å²) in [6.45, 7) is 0. The molecular weight excluding hydrogens is 176 g/mol. The highest BCUT2D eigenvalue weighted by Crippen LogP contribution is 2.19. The number of nitrogen functional groups attached to an aromatic ring is 1. The largest absolute Gasteiger partial charge is 0.495 e. The van der Waals surface area contributed by atoms with Crippen molar-refractivity contribution in [3.63, 3.8) is 0 Å². The predicted octanol–water partition coefficient (Wildman–Crippen LogP) is 1.57. The van der Waals surface area contributed by atoms with Gasteiger partial charge in [0.05, 0.1) is 12.7 Å². The van der Waals surface area contributed by atoms with Crippen LogP contribution in [0.4, 0.5) is 5.69 Å². The van der Waals surface area contributed by atoms with Gasteiger partial charge in [-0.05, 0) is 12.1 Å². The molecule has 0 aliphatic carbocycles. The molecule has 0 radical (unpaired) electrons. The van der Waals surface area contributed by atoms with E-state index in [2.05, 4.69) is 0 Å². The predicted molar refractivity (Wildman–Crippen MR) is 49.4 cm³/mol. The normalized spacial score (nSPS) is 8.00. The van der Waals surface area contributed by atoms with E-state index in [1.54, 1.807) is 18.2 Å². The minimum atomic E-state index is 0. The highest BCUT2D eigenvalue weighted by atomic mass is 35.5. The molecule has 0 spiro atoms. The van der Waals surface area contributed by atoms with E-state index in [0.717, 1.165) is 0 Å². The highest BCUT2D eigenvalue weighted by Gasteiger charge is 2.00. The number of anilines is 1. The average Bonchev–Trinajstić information content (AvgIpc) is 2.04. The lowest BCUT2D eigenvalue weighted by atomic mass is 10.2. The number of ether oxygens (including phenoxy) is 1. The summed E-state index contributed by atoms with van der Waals surface area (Å²) in [6.07, 6.45) is 0. The minimum absolute atomic E-state index is 0. The van der Waals surface area contributed by atoms with E-state index in [9.17, 15) is 0 Å². The number of nitrogens with zero attached hydrogens (tertiary/aromatic N) is 1. The molecule has 4 heteroatoms. The molecule has 0 saturated carbocycles. The lowest BCUT2D eigenvalue weighted by Gasteiger charge is -2.01. The topological polar surface area (TPSA) is 59.0 Å². The monoisotopic (exact) mass is 184 g/mol. The van der Waals surface area contributed by atoms with Crippen molar-refractivity contribution in [1.29, 1.82) is 5.26 Å². The minimum Gasteiger partial charge on any atom is -0.495 e. The van der Waals surface area contributed by atoms with Crippen molar-refractivity contribution in [2.75, 3.05) is 12.8 Å². The lowest BCUT2D eigenvalue weighted by Crippen LogP contribution is -1.90. The van der Waals surface area contributed by atoms with Crippen LogP contribution in [0.3, 0.4) is 0 Å². The van der Waals surface area contributed by atoms with Gasteiger partial charge in [-0.15, -0.1) is 12.4 Å². The zero-order chi connectivity index (χ0) is 8.27. The Morgan fingerprint density at radius 1 is 1.50 bits per heavy atom. The second-order valence-corrected chi connectivity index (χ2v) is 2.07. The Balaban J connectivity index is 0.00000121. The van der Waals surface area contributed by atoms with Crippen molar-refractivity contribution < 1.29 is 4.74 Å². The number of hydrogen-bond donors (Lipinski definition) is 1. The summed E-state index contributed by atoms with van der Waals surface area (Å²) in [7, 11) is 1.51. The van der Waals surface area contributed by atoms with Gasteiger partial charge in [0.15, 0.2) is 0 Å². The number of methoxy groups -OCH3 is 1. The molecule has 1 aromatic rings. The van der Waals surface area contributed by atoms with Crippen molar-refractivity contribution in [1.82, 2.24) is 0 Å². The van der Waals surface area contributed by atoms with Crippen molar-refractivity contribution in [3.05, 3.63) is 23.8 Å². The first-order chi connectivity index (χ1) is 5.27. The summed E-state index contributed by atoms with van der Waals surface area (Å²) >= 11 is 0. The Hall–Kier alpha value is -1.40. The van der Waals surface area contributed by atoms with Gasteiger partial charge in [0, 0.05) is 11.8 Å². The van der Waals surface area contributed by atoms with Crippen molar-refractivity contribution in [2.45, 2.75) is 0 Å². The highest BCUT2D eigenvalue weighted by molar-refractivity contribution is 5.85. The summed E-state index contributed by atoms with van der Waals surface area (Å²) in [5, 5.41) is 8.57. The summed E-state index contributed by atoms with van der Waals surface area (Å²) < 4.78 is 4.91. The molecule has 0 bridgehead atoms. The van der Waals surface area contributed by atoms with E-state index in [1.807, 2.05) is 6.07 Å². The third-order valence-corrected chi connectivity index (χ3v) is 1.35. The van der Waals surface area contributed by atoms with E-state index in [1.165, 1.54) is 7.11 Å². The zero-order valence-corrected chi connectivity index (χ0v) is 7.39. The fourth-order valence-electron chi connectivity index (χ4n) is 0.800. The smallest absolute Gasteiger partial charge is 0.138 e. The maximum absolute atomic E-state index is 8.57. The molecular formula is C8H9ClN2O. The zero-order valence-electron chi connectivity index (χ0n) is 6.57. The molecule has 0 aromatic heterocycles. The second kappa shape index (κ2) is 4.47. The van der Waals surface area contributed by atoms with Crippen LogP contribution in [-0.2, 0) is 0 Å². The van der Waals surface area contributed by atoms with Crippen LogP contribution in [0, 0.1) is 11.3 Å². The van der Waals surface area contributed by atoms with E-state index < -0.39 is 0 Å². The first-order valence-electron chi connectivity index (χ1n) is 3.11. The molecule has 0 fully saturated rings. The molecule has 64 valence electrons. The van der Waals surface area contributed by atoms with E-state index in [4.69, 9.17) is 15.7 Å². The number of nitrogens with two attached hydrogens (primary N) is 1. The molecule has 3 nitrogen and oxygen atoms in total. The van der Waals surface area contributed by atoms with E-state index in [-0.39, 0.29) is 12.4 Å². The van der Waals surface area contributed by atoms with Gasteiger partial charge in [-0.1, -0.05) is 0 Å². The van der Waals surface area contributed by atoms with Crippen molar-refractivity contribution in [3.8, 4) is 11.8 Å². The Morgan fingerprint density at radius 2 is 2.17 bits per heavy atom. The van der Waals surface area contributed by atoms with Gasteiger partial charge in [-0.2, -0.15) is 5.26 Å². The van der Waals surface area contributed by atoms with Gasteiger partial charge in [-0.3, -0.25) is 0 Å². The third-order valence-electron chi connectivity index (χ3n) is 1.35. The van der Waals surface area contributed by atoms with Gasteiger partial charge in [0.1, 0.15) is 11.8 Å². The second-order valence-electron chi connectivity index (χ2n) is 2.07. The van der Waals surface area contributed by atoms with Gasteiger partial charge < -0.3 is 10.5 Å². The van der Waals surface area contributed by atoms with E-state index >= 15 is 0 Å². The SMILES string of the molecule is COc1cc(N)ccc1C#N.Cl. The van der Waals surface area contributed by atoms with Crippen LogP contribution in [0.15, 0.2) is 18.2 Å². The quantitative estimate of drug-likeness (QED) is 0.674. The first kappa shape index (κ1) is 10.6. The average molecular weight is 185 g/mol. The van der Waals surface area contributed by atoms with Crippen LogP contribution < -0.4 is 10.5 Å². The molecule has 0 amide bonds. The van der Waals surface area contributed by atoms with Crippen LogP contribution in [-0.4, -0.2) is 7.11 Å². The Labute approximate surface area is 77.2 Å². The summed E-state index contributed by atoms with van der Waals surface area (Å²) in [5.74, 6) is 0.521. The van der Waals surface area contributed by atoms with E-state index in [0.29, 0.717) is 17.0 Å². The number of hydrogen-bond acceptors (Lipinski definition) is 3. The van der Waals surface area contributed by atoms with Gasteiger partial charge in [0.2, 0.25) is 0 Å².